The maximum Gasteiger partial charge on any atom is 0.151 e. The van der Waals surface area contributed by atoms with Crippen LogP contribution in [0.2, 0.25) is 0 Å². The van der Waals surface area contributed by atoms with Crippen LogP contribution in [-0.4, -0.2) is 29.2 Å². The van der Waals surface area contributed by atoms with Gasteiger partial charge in [-0.15, -0.1) is 0 Å². The molecule has 16 heavy (non-hydrogen) atoms. The molecule has 0 bridgehead atoms. The predicted molar refractivity (Wildman–Crippen MR) is 63.0 cm³/mol. The second kappa shape index (κ2) is 4.55. The highest BCUT2D eigenvalue weighted by Crippen LogP contribution is 2.29. The minimum atomic E-state index is 0.302. The van der Waals surface area contributed by atoms with Crippen LogP contribution in [0.15, 0.2) is 10.6 Å². The Morgan fingerprint density at radius 3 is 3.00 bits per heavy atom. The van der Waals surface area contributed by atoms with E-state index >= 15 is 0 Å². The van der Waals surface area contributed by atoms with E-state index in [4.69, 9.17) is 4.52 Å². The van der Waals surface area contributed by atoms with Crippen LogP contribution in [0.25, 0.3) is 0 Å². The van der Waals surface area contributed by atoms with Gasteiger partial charge in [0.05, 0.1) is 12.2 Å². The number of rotatable bonds is 4. The Balaban J connectivity index is 1.98. The summed E-state index contributed by atoms with van der Waals surface area (Å²) in [6, 6.07) is 2.05. The van der Waals surface area contributed by atoms with Crippen molar-refractivity contribution in [1.29, 1.82) is 0 Å². The molecule has 1 aromatic heterocycles. The van der Waals surface area contributed by atoms with E-state index in [9.17, 15) is 0 Å². The summed E-state index contributed by atoms with van der Waals surface area (Å²) in [5.41, 5.74) is 1.28. The van der Waals surface area contributed by atoms with Crippen LogP contribution in [0.3, 0.4) is 0 Å². The number of hydrogen-bond donors (Lipinski definition) is 1. The average Bonchev–Trinajstić information content (AvgIpc) is 2.76. The summed E-state index contributed by atoms with van der Waals surface area (Å²) in [6.45, 7) is 7.40. The standard InChI is InChI=1S/C12H21N3O/c1-12(2)5-4-6-15(12)9-11-7-10(8-13-3)14-16-11/h7,13H,4-6,8-9H2,1-3H3. The van der Waals surface area contributed by atoms with Crippen molar-refractivity contribution in [3.05, 3.63) is 17.5 Å². The molecule has 1 aromatic rings. The molecule has 0 amide bonds. The second-order valence-corrected chi connectivity index (χ2v) is 5.15. The second-order valence-electron chi connectivity index (χ2n) is 5.15. The highest BCUT2D eigenvalue weighted by atomic mass is 16.5. The van der Waals surface area contributed by atoms with Gasteiger partial charge in [0.1, 0.15) is 0 Å². The Bertz CT molecular complexity index is 346. The zero-order chi connectivity index (χ0) is 11.6. The molecule has 4 nitrogen and oxygen atoms in total. The summed E-state index contributed by atoms with van der Waals surface area (Å²) in [5.74, 6) is 0.972. The van der Waals surface area contributed by atoms with Crippen molar-refractivity contribution in [3.63, 3.8) is 0 Å². The molecule has 1 N–H and O–H groups in total. The fourth-order valence-corrected chi connectivity index (χ4v) is 2.34. The molecule has 1 fully saturated rings. The lowest BCUT2D eigenvalue weighted by Crippen LogP contribution is -2.37. The van der Waals surface area contributed by atoms with Gasteiger partial charge in [-0.05, 0) is 40.3 Å². The van der Waals surface area contributed by atoms with E-state index in [0.29, 0.717) is 5.54 Å². The lowest BCUT2D eigenvalue weighted by molar-refractivity contribution is 0.149. The van der Waals surface area contributed by atoms with Crippen molar-refractivity contribution in [2.45, 2.75) is 45.3 Å². The first-order valence-corrected chi connectivity index (χ1v) is 5.96. The van der Waals surface area contributed by atoms with Gasteiger partial charge in [-0.25, -0.2) is 0 Å². The zero-order valence-electron chi connectivity index (χ0n) is 10.4. The Morgan fingerprint density at radius 2 is 2.38 bits per heavy atom. The van der Waals surface area contributed by atoms with Gasteiger partial charge in [0.25, 0.3) is 0 Å². The molecular weight excluding hydrogens is 202 g/mol. The molecule has 0 radical (unpaired) electrons. The molecular formula is C12H21N3O. The van der Waals surface area contributed by atoms with E-state index in [2.05, 4.69) is 29.2 Å². The van der Waals surface area contributed by atoms with Crippen molar-refractivity contribution >= 4 is 0 Å². The first-order valence-electron chi connectivity index (χ1n) is 5.96. The molecule has 0 aliphatic carbocycles. The summed E-state index contributed by atoms with van der Waals surface area (Å²) >= 11 is 0. The van der Waals surface area contributed by atoms with Gasteiger partial charge in [-0.1, -0.05) is 5.16 Å². The molecule has 90 valence electrons. The van der Waals surface area contributed by atoms with Gasteiger partial charge in [0.15, 0.2) is 5.76 Å². The van der Waals surface area contributed by atoms with Crippen molar-refractivity contribution in [1.82, 2.24) is 15.4 Å². The highest BCUT2D eigenvalue weighted by Gasteiger charge is 2.32. The van der Waals surface area contributed by atoms with Gasteiger partial charge in [-0.2, -0.15) is 0 Å². The third-order valence-electron chi connectivity index (χ3n) is 3.39. The quantitative estimate of drug-likeness (QED) is 0.844. The lowest BCUT2D eigenvalue weighted by Gasteiger charge is -2.30. The summed E-state index contributed by atoms with van der Waals surface area (Å²) in [7, 11) is 1.91. The van der Waals surface area contributed by atoms with Gasteiger partial charge in [0.2, 0.25) is 0 Å². The normalized spacial score (nSPS) is 20.4. The van der Waals surface area contributed by atoms with Crippen LogP contribution in [0.5, 0.6) is 0 Å². The highest BCUT2D eigenvalue weighted by molar-refractivity contribution is 5.06. The van der Waals surface area contributed by atoms with Gasteiger partial charge < -0.3 is 9.84 Å². The minimum Gasteiger partial charge on any atom is -0.360 e. The summed E-state index contributed by atoms with van der Waals surface area (Å²) in [5, 5.41) is 7.10. The lowest BCUT2D eigenvalue weighted by atomic mass is 10.0. The van der Waals surface area contributed by atoms with Crippen LogP contribution in [0, 0.1) is 0 Å². The van der Waals surface area contributed by atoms with Crippen LogP contribution < -0.4 is 5.32 Å². The summed E-state index contributed by atoms with van der Waals surface area (Å²) in [4.78, 5) is 2.47. The molecule has 2 heterocycles. The molecule has 1 saturated heterocycles. The molecule has 1 aliphatic heterocycles. The first kappa shape index (κ1) is 11.6. The van der Waals surface area contributed by atoms with Crippen LogP contribution >= 0.6 is 0 Å². The van der Waals surface area contributed by atoms with E-state index in [0.717, 1.165) is 31.1 Å². The number of aromatic nitrogens is 1. The molecule has 1 aliphatic rings. The molecule has 4 heteroatoms. The van der Waals surface area contributed by atoms with Gasteiger partial charge in [0, 0.05) is 18.2 Å². The van der Waals surface area contributed by atoms with E-state index in [-0.39, 0.29) is 0 Å². The Kier molecular flexibility index (Phi) is 3.30. The first-order chi connectivity index (χ1) is 7.62. The maximum absolute atomic E-state index is 5.34. The van der Waals surface area contributed by atoms with E-state index in [1.165, 1.54) is 12.8 Å². The Hall–Kier alpha value is -0.870. The van der Waals surface area contributed by atoms with Crippen molar-refractivity contribution in [2.24, 2.45) is 0 Å². The third kappa shape index (κ3) is 2.44. The molecule has 0 spiro atoms. The molecule has 0 aromatic carbocycles. The van der Waals surface area contributed by atoms with Crippen molar-refractivity contribution < 1.29 is 4.52 Å². The zero-order valence-corrected chi connectivity index (χ0v) is 10.4. The van der Waals surface area contributed by atoms with Crippen molar-refractivity contribution in [3.8, 4) is 0 Å². The third-order valence-corrected chi connectivity index (χ3v) is 3.39. The Morgan fingerprint density at radius 1 is 1.56 bits per heavy atom. The molecule has 0 atom stereocenters. The number of nitrogens with zero attached hydrogens (tertiary/aromatic N) is 2. The summed E-state index contributed by atoms with van der Waals surface area (Å²) in [6.07, 6.45) is 2.55. The predicted octanol–water partition coefficient (Wildman–Crippen LogP) is 1.77. The fourth-order valence-electron chi connectivity index (χ4n) is 2.34. The summed E-state index contributed by atoms with van der Waals surface area (Å²) < 4.78 is 5.34. The smallest absolute Gasteiger partial charge is 0.151 e. The Labute approximate surface area is 97.0 Å². The van der Waals surface area contributed by atoms with E-state index in [1.54, 1.807) is 0 Å². The number of nitrogens with one attached hydrogen (secondary N) is 1. The topological polar surface area (TPSA) is 41.3 Å². The largest absolute Gasteiger partial charge is 0.360 e. The van der Waals surface area contributed by atoms with Crippen molar-refractivity contribution in [2.75, 3.05) is 13.6 Å². The van der Waals surface area contributed by atoms with Crippen LogP contribution in [0.4, 0.5) is 0 Å². The van der Waals surface area contributed by atoms with Gasteiger partial charge in [-0.3, -0.25) is 4.90 Å². The van der Waals surface area contributed by atoms with E-state index in [1.807, 2.05) is 13.1 Å². The molecule has 0 unspecified atom stereocenters. The maximum atomic E-state index is 5.34. The fraction of sp³-hybridized carbons (Fsp3) is 0.750. The molecule has 2 rings (SSSR count). The SMILES string of the molecule is CNCc1cc(CN2CCCC2(C)C)on1. The minimum absolute atomic E-state index is 0.302. The molecule has 0 saturated carbocycles. The van der Waals surface area contributed by atoms with Gasteiger partial charge >= 0.3 is 0 Å². The number of hydrogen-bond acceptors (Lipinski definition) is 4. The average molecular weight is 223 g/mol. The van der Waals surface area contributed by atoms with E-state index < -0.39 is 0 Å². The monoisotopic (exact) mass is 223 g/mol. The van der Waals surface area contributed by atoms with Crippen LogP contribution in [-0.2, 0) is 13.1 Å². The number of likely N-dealkylation sites (tertiary alicyclic amines) is 1. The van der Waals surface area contributed by atoms with Crippen LogP contribution in [0.1, 0.15) is 38.1 Å².